The third kappa shape index (κ3) is 3.61. The molecule has 0 atom stereocenters. The second-order valence-electron chi connectivity index (χ2n) is 3.59. The lowest BCUT2D eigenvalue weighted by atomic mass is 10.1. The normalized spacial score (nSPS) is 9.62. The highest BCUT2D eigenvalue weighted by Gasteiger charge is 2.04. The van der Waals surface area contributed by atoms with E-state index >= 15 is 0 Å². The molecule has 1 aromatic rings. The first-order valence-electron chi connectivity index (χ1n) is 4.78. The number of benzene rings is 1. The SMILES string of the molecule is CN(C)C(=O)Nc1ccc(CC(=O)O)cc1. The molecule has 0 unspecified atom stereocenters. The molecule has 2 amide bonds. The third-order valence-electron chi connectivity index (χ3n) is 1.97. The number of rotatable bonds is 3. The monoisotopic (exact) mass is 222 g/mol. The number of carboxylic acids is 1. The Morgan fingerprint density at radius 3 is 2.25 bits per heavy atom. The molecule has 5 heteroatoms. The summed E-state index contributed by atoms with van der Waals surface area (Å²) in [5.41, 5.74) is 1.35. The number of amides is 2. The molecule has 0 aliphatic heterocycles. The Bertz CT molecular complexity index is 385. The zero-order valence-electron chi connectivity index (χ0n) is 9.23. The van der Waals surface area contributed by atoms with E-state index in [-0.39, 0.29) is 12.5 Å². The maximum atomic E-state index is 11.3. The number of carbonyl (C=O) groups excluding carboxylic acids is 1. The smallest absolute Gasteiger partial charge is 0.321 e. The number of hydrogen-bond acceptors (Lipinski definition) is 2. The fraction of sp³-hybridized carbons (Fsp3) is 0.273. The highest BCUT2D eigenvalue weighted by atomic mass is 16.4. The molecule has 0 aliphatic rings. The van der Waals surface area contributed by atoms with Crippen LogP contribution in [0.1, 0.15) is 5.56 Å². The fourth-order valence-electron chi connectivity index (χ4n) is 1.12. The van der Waals surface area contributed by atoms with Gasteiger partial charge < -0.3 is 15.3 Å². The number of nitrogens with zero attached hydrogens (tertiary/aromatic N) is 1. The molecule has 2 N–H and O–H groups in total. The molecular weight excluding hydrogens is 208 g/mol. The summed E-state index contributed by atoms with van der Waals surface area (Å²) >= 11 is 0. The maximum absolute atomic E-state index is 11.3. The summed E-state index contributed by atoms with van der Waals surface area (Å²) in [4.78, 5) is 23.2. The van der Waals surface area contributed by atoms with Gasteiger partial charge in [-0.2, -0.15) is 0 Å². The van der Waals surface area contributed by atoms with Crippen LogP contribution in [0.5, 0.6) is 0 Å². The summed E-state index contributed by atoms with van der Waals surface area (Å²) in [6.07, 6.45) is -0.0120. The molecule has 0 spiro atoms. The van der Waals surface area contributed by atoms with Crippen LogP contribution < -0.4 is 5.32 Å². The molecule has 0 saturated heterocycles. The Hall–Kier alpha value is -2.04. The van der Waals surface area contributed by atoms with Gasteiger partial charge in [-0.25, -0.2) is 4.79 Å². The highest BCUT2D eigenvalue weighted by molar-refractivity contribution is 5.88. The molecule has 0 saturated carbocycles. The molecule has 0 fully saturated rings. The molecule has 0 bridgehead atoms. The van der Waals surface area contributed by atoms with Gasteiger partial charge in [0.25, 0.3) is 0 Å². The first-order chi connectivity index (χ1) is 7.49. The molecule has 1 aromatic carbocycles. The lowest BCUT2D eigenvalue weighted by molar-refractivity contribution is -0.136. The van der Waals surface area contributed by atoms with E-state index in [4.69, 9.17) is 5.11 Å². The maximum Gasteiger partial charge on any atom is 0.321 e. The quantitative estimate of drug-likeness (QED) is 0.812. The van der Waals surface area contributed by atoms with E-state index < -0.39 is 5.97 Å². The molecule has 0 radical (unpaired) electrons. The van der Waals surface area contributed by atoms with Crippen molar-refractivity contribution in [3.63, 3.8) is 0 Å². The molecule has 16 heavy (non-hydrogen) atoms. The topological polar surface area (TPSA) is 69.6 Å². The van der Waals surface area contributed by atoms with E-state index in [9.17, 15) is 9.59 Å². The van der Waals surface area contributed by atoms with Gasteiger partial charge in [-0.1, -0.05) is 12.1 Å². The van der Waals surface area contributed by atoms with Crippen molar-refractivity contribution in [3.05, 3.63) is 29.8 Å². The Morgan fingerprint density at radius 2 is 1.81 bits per heavy atom. The van der Waals surface area contributed by atoms with Gasteiger partial charge in [0, 0.05) is 19.8 Å². The summed E-state index contributed by atoms with van der Waals surface area (Å²) in [5.74, 6) is -0.870. The second kappa shape index (κ2) is 5.16. The van der Waals surface area contributed by atoms with Crippen LogP contribution in [0.2, 0.25) is 0 Å². The molecule has 0 aromatic heterocycles. The zero-order chi connectivity index (χ0) is 12.1. The Morgan fingerprint density at radius 1 is 1.25 bits per heavy atom. The average molecular weight is 222 g/mol. The van der Waals surface area contributed by atoms with Gasteiger partial charge in [-0.15, -0.1) is 0 Å². The van der Waals surface area contributed by atoms with Crippen molar-refractivity contribution < 1.29 is 14.7 Å². The zero-order valence-corrected chi connectivity index (χ0v) is 9.23. The van der Waals surface area contributed by atoms with E-state index in [1.807, 2.05) is 0 Å². The Kier molecular flexibility index (Phi) is 3.88. The van der Waals surface area contributed by atoms with Crippen LogP contribution in [0.4, 0.5) is 10.5 Å². The summed E-state index contributed by atoms with van der Waals surface area (Å²) < 4.78 is 0. The minimum absolute atomic E-state index is 0.0120. The first-order valence-corrected chi connectivity index (χ1v) is 4.78. The van der Waals surface area contributed by atoms with E-state index in [1.165, 1.54) is 4.90 Å². The molecule has 1 rings (SSSR count). The number of nitrogens with one attached hydrogen (secondary N) is 1. The summed E-state index contributed by atoms with van der Waals surface area (Å²) in [7, 11) is 3.29. The molecule has 86 valence electrons. The van der Waals surface area contributed by atoms with Crippen LogP contribution in [-0.4, -0.2) is 36.1 Å². The van der Waals surface area contributed by atoms with Crippen molar-refractivity contribution >= 4 is 17.7 Å². The van der Waals surface area contributed by atoms with E-state index in [0.717, 1.165) is 0 Å². The van der Waals surface area contributed by atoms with Crippen molar-refractivity contribution in [1.82, 2.24) is 4.90 Å². The molecular formula is C11H14N2O3. The predicted octanol–water partition coefficient (Wildman–Crippen LogP) is 1.41. The van der Waals surface area contributed by atoms with E-state index in [2.05, 4.69) is 5.32 Å². The van der Waals surface area contributed by atoms with Crippen molar-refractivity contribution in [3.8, 4) is 0 Å². The van der Waals surface area contributed by atoms with Gasteiger partial charge in [0.1, 0.15) is 0 Å². The van der Waals surface area contributed by atoms with Crippen molar-refractivity contribution in [2.75, 3.05) is 19.4 Å². The standard InChI is InChI=1S/C11H14N2O3/c1-13(2)11(16)12-9-5-3-8(4-6-9)7-10(14)15/h3-6H,7H2,1-2H3,(H,12,16)(H,14,15). The van der Waals surface area contributed by atoms with Gasteiger partial charge in [-0.3, -0.25) is 4.79 Å². The summed E-state index contributed by atoms with van der Waals surface area (Å²) in [5, 5.41) is 11.2. The second-order valence-corrected chi connectivity index (χ2v) is 3.59. The van der Waals surface area contributed by atoms with Crippen LogP contribution in [0.25, 0.3) is 0 Å². The number of anilines is 1. The van der Waals surface area contributed by atoms with Crippen molar-refractivity contribution in [2.24, 2.45) is 0 Å². The lowest BCUT2D eigenvalue weighted by Gasteiger charge is -2.11. The molecule has 0 aliphatic carbocycles. The molecule has 0 heterocycles. The summed E-state index contributed by atoms with van der Waals surface area (Å²) in [6, 6.07) is 6.50. The minimum Gasteiger partial charge on any atom is -0.481 e. The first kappa shape index (κ1) is 12.0. The summed E-state index contributed by atoms with van der Waals surface area (Å²) in [6.45, 7) is 0. The number of aliphatic carboxylic acids is 1. The van der Waals surface area contributed by atoms with Crippen LogP contribution >= 0.6 is 0 Å². The number of urea groups is 1. The average Bonchev–Trinajstić information content (AvgIpc) is 2.20. The third-order valence-corrected chi connectivity index (χ3v) is 1.97. The predicted molar refractivity (Wildman–Crippen MR) is 60.5 cm³/mol. The van der Waals surface area contributed by atoms with E-state index in [1.54, 1.807) is 38.4 Å². The van der Waals surface area contributed by atoms with Gasteiger partial charge in [0.05, 0.1) is 6.42 Å². The van der Waals surface area contributed by atoms with Gasteiger partial charge >= 0.3 is 12.0 Å². The van der Waals surface area contributed by atoms with E-state index in [0.29, 0.717) is 11.3 Å². The highest BCUT2D eigenvalue weighted by Crippen LogP contribution is 2.10. The largest absolute Gasteiger partial charge is 0.481 e. The van der Waals surface area contributed by atoms with Crippen LogP contribution in [-0.2, 0) is 11.2 Å². The Labute approximate surface area is 93.7 Å². The van der Waals surface area contributed by atoms with Gasteiger partial charge in [0.15, 0.2) is 0 Å². The fourth-order valence-corrected chi connectivity index (χ4v) is 1.12. The van der Waals surface area contributed by atoms with Crippen molar-refractivity contribution in [2.45, 2.75) is 6.42 Å². The van der Waals surface area contributed by atoms with Crippen LogP contribution in [0, 0.1) is 0 Å². The van der Waals surface area contributed by atoms with Crippen molar-refractivity contribution in [1.29, 1.82) is 0 Å². The van der Waals surface area contributed by atoms with Gasteiger partial charge in [-0.05, 0) is 17.7 Å². The van der Waals surface area contributed by atoms with Crippen LogP contribution in [0.3, 0.4) is 0 Å². The minimum atomic E-state index is -0.870. The lowest BCUT2D eigenvalue weighted by Crippen LogP contribution is -2.27. The van der Waals surface area contributed by atoms with Gasteiger partial charge in [0.2, 0.25) is 0 Å². The van der Waals surface area contributed by atoms with Crippen LogP contribution in [0.15, 0.2) is 24.3 Å². The Balaban J connectivity index is 2.64. The molecule has 5 nitrogen and oxygen atoms in total. The number of carbonyl (C=O) groups is 2. The number of hydrogen-bond donors (Lipinski definition) is 2. The number of carboxylic acid groups (broad SMARTS) is 1.